The van der Waals surface area contributed by atoms with Gasteiger partial charge in [-0.1, -0.05) is 0 Å². The summed E-state index contributed by atoms with van der Waals surface area (Å²) in [5.41, 5.74) is 0.416. The zero-order valence-corrected chi connectivity index (χ0v) is 9.66. The average Bonchev–Trinajstić information content (AvgIpc) is 2.16. The van der Waals surface area contributed by atoms with Crippen LogP contribution < -0.4 is 0 Å². The highest BCUT2D eigenvalue weighted by atomic mass is 16.6. The first-order chi connectivity index (χ1) is 7.15. The van der Waals surface area contributed by atoms with Crippen molar-refractivity contribution in [1.82, 2.24) is 9.80 Å². The van der Waals surface area contributed by atoms with Gasteiger partial charge in [0.05, 0.1) is 6.61 Å². The SMILES string of the molecule is CCOC(=O)N1CC2(CCN(C)CC2)C1. The second-order valence-corrected chi connectivity index (χ2v) is 4.86. The molecule has 0 aromatic heterocycles. The van der Waals surface area contributed by atoms with E-state index in [-0.39, 0.29) is 6.09 Å². The Bertz CT molecular complexity index is 239. The van der Waals surface area contributed by atoms with Crippen LogP contribution in [0, 0.1) is 5.41 Å². The van der Waals surface area contributed by atoms with Gasteiger partial charge < -0.3 is 14.5 Å². The van der Waals surface area contributed by atoms with Crippen LogP contribution in [0.25, 0.3) is 0 Å². The number of piperidine rings is 1. The highest BCUT2D eigenvalue weighted by molar-refractivity contribution is 5.68. The van der Waals surface area contributed by atoms with Gasteiger partial charge in [0, 0.05) is 18.5 Å². The van der Waals surface area contributed by atoms with Gasteiger partial charge >= 0.3 is 6.09 Å². The quantitative estimate of drug-likeness (QED) is 0.654. The van der Waals surface area contributed by atoms with Crippen LogP contribution in [0.3, 0.4) is 0 Å². The first-order valence-corrected chi connectivity index (χ1v) is 5.75. The highest BCUT2D eigenvalue weighted by Gasteiger charge is 2.46. The lowest BCUT2D eigenvalue weighted by Gasteiger charge is -2.52. The maximum atomic E-state index is 11.4. The molecule has 86 valence electrons. The van der Waals surface area contributed by atoms with Crippen LogP contribution in [-0.4, -0.2) is 55.7 Å². The van der Waals surface area contributed by atoms with E-state index in [9.17, 15) is 4.79 Å². The molecule has 2 aliphatic rings. The van der Waals surface area contributed by atoms with Gasteiger partial charge in [-0.3, -0.25) is 0 Å². The van der Waals surface area contributed by atoms with E-state index in [0.717, 1.165) is 26.2 Å². The van der Waals surface area contributed by atoms with Gasteiger partial charge in [-0.15, -0.1) is 0 Å². The Morgan fingerprint density at radius 2 is 1.93 bits per heavy atom. The number of amides is 1. The zero-order chi connectivity index (χ0) is 10.9. The fourth-order valence-electron chi connectivity index (χ4n) is 2.52. The van der Waals surface area contributed by atoms with Gasteiger partial charge in [-0.25, -0.2) is 4.79 Å². The summed E-state index contributed by atoms with van der Waals surface area (Å²) in [6.07, 6.45) is 2.31. The number of likely N-dealkylation sites (tertiary alicyclic amines) is 2. The van der Waals surface area contributed by atoms with Gasteiger partial charge in [-0.2, -0.15) is 0 Å². The van der Waals surface area contributed by atoms with Crippen LogP contribution in [-0.2, 0) is 4.74 Å². The smallest absolute Gasteiger partial charge is 0.409 e. The van der Waals surface area contributed by atoms with Crippen LogP contribution in [0.2, 0.25) is 0 Å². The predicted octanol–water partition coefficient (Wildman–Crippen LogP) is 1.17. The van der Waals surface area contributed by atoms with E-state index in [4.69, 9.17) is 4.74 Å². The Balaban J connectivity index is 1.79. The Labute approximate surface area is 91.2 Å². The summed E-state index contributed by atoms with van der Waals surface area (Å²) in [6, 6.07) is 0. The molecule has 2 aliphatic heterocycles. The first-order valence-electron chi connectivity index (χ1n) is 5.75. The standard InChI is InChI=1S/C11H20N2O2/c1-3-15-10(14)13-8-11(9-13)4-6-12(2)7-5-11/h3-9H2,1-2H3. The minimum atomic E-state index is -0.137. The number of hydrogen-bond acceptors (Lipinski definition) is 3. The molecule has 2 saturated heterocycles. The summed E-state index contributed by atoms with van der Waals surface area (Å²) in [5, 5.41) is 0. The van der Waals surface area contributed by atoms with Crippen LogP contribution in [0.4, 0.5) is 4.79 Å². The van der Waals surface area contributed by atoms with E-state index in [2.05, 4.69) is 11.9 Å². The lowest BCUT2D eigenvalue weighted by Crippen LogP contribution is -2.61. The Morgan fingerprint density at radius 3 is 2.47 bits per heavy atom. The number of rotatable bonds is 1. The van der Waals surface area contributed by atoms with E-state index in [1.807, 2.05) is 11.8 Å². The first kappa shape index (κ1) is 10.7. The molecule has 2 rings (SSSR count). The summed E-state index contributed by atoms with van der Waals surface area (Å²) < 4.78 is 4.98. The van der Waals surface area contributed by atoms with Crippen molar-refractivity contribution in [2.45, 2.75) is 19.8 Å². The minimum Gasteiger partial charge on any atom is -0.450 e. The summed E-state index contributed by atoms with van der Waals surface area (Å²) in [6.45, 7) is 6.46. The van der Waals surface area contributed by atoms with Gasteiger partial charge in [-0.05, 0) is 39.9 Å². The molecule has 0 saturated carbocycles. The molecule has 0 aliphatic carbocycles. The molecule has 4 nitrogen and oxygen atoms in total. The third kappa shape index (κ3) is 2.09. The molecule has 0 aromatic carbocycles. The normalized spacial score (nSPS) is 25.1. The Morgan fingerprint density at radius 1 is 1.33 bits per heavy atom. The Kier molecular flexibility index (Phi) is 2.87. The molecule has 15 heavy (non-hydrogen) atoms. The number of ether oxygens (including phenoxy) is 1. The molecule has 0 atom stereocenters. The largest absolute Gasteiger partial charge is 0.450 e. The van der Waals surface area contributed by atoms with Crippen molar-refractivity contribution in [1.29, 1.82) is 0 Å². The van der Waals surface area contributed by atoms with Gasteiger partial charge in [0.15, 0.2) is 0 Å². The van der Waals surface area contributed by atoms with Crippen molar-refractivity contribution in [2.24, 2.45) is 5.41 Å². The maximum absolute atomic E-state index is 11.4. The van der Waals surface area contributed by atoms with E-state index < -0.39 is 0 Å². The molecule has 2 fully saturated rings. The van der Waals surface area contributed by atoms with Crippen molar-refractivity contribution >= 4 is 6.09 Å². The number of nitrogens with zero attached hydrogens (tertiary/aromatic N) is 2. The summed E-state index contributed by atoms with van der Waals surface area (Å²) >= 11 is 0. The van der Waals surface area contributed by atoms with E-state index in [0.29, 0.717) is 12.0 Å². The van der Waals surface area contributed by atoms with Crippen molar-refractivity contribution in [2.75, 3.05) is 39.8 Å². The lowest BCUT2D eigenvalue weighted by atomic mass is 9.72. The zero-order valence-electron chi connectivity index (χ0n) is 9.66. The molecule has 0 bridgehead atoms. The summed E-state index contributed by atoms with van der Waals surface area (Å²) in [7, 11) is 2.16. The van der Waals surface area contributed by atoms with Crippen molar-refractivity contribution in [3.63, 3.8) is 0 Å². The summed E-state index contributed by atoms with van der Waals surface area (Å²) in [4.78, 5) is 15.6. The topological polar surface area (TPSA) is 32.8 Å². The van der Waals surface area contributed by atoms with Crippen molar-refractivity contribution in [3.05, 3.63) is 0 Å². The van der Waals surface area contributed by atoms with Crippen LogP contribution in [0.15, 0.2) is 0 Å². The molecular weight excluding hydrogens is 192 g/mol. The summed E-state index contributed by atoms with van der Waals surface area (Å²) in [5.74, 6) is 0. The van der Waals surface area contributed by atoms with Crippen LogP contribution in [0.1, 0.15) is 19.8 Å². The third-order valence-electron chi connectivity index (χ3n) is 3.63. The minimum absolute atomic E-state index is 0.137. The molecular formula is C11H20N2O2. The van der Waals surface area contributed by atoms with E-state index >= 15 is 0 Å². The molecule has 0 aromatic rings. The highest BCUT2D eigenvalue weighted by Crippen LogP contribution is 2.40. The second kappa shape index (κ2) is 4.00. The second-order valence-electron chi connectivity index (χ2n) is 4.86. The number of carbonyl (C=O) groups excluding carboxylic acids is 1. The third-order valence-corrected chi connectivity index (χ3v) is 3.63. The van der Waals surface area contributed by atoms with Gasteiger partial charge in [0.1, 0.15) is 0 Å². The van der Waals surface area contributed by atoms with Crippen molar-refractivity contribution in [3.8, 4) is 0 Å². The number of hydrogen-bond donors (Lipinski definition) is 0. The molecule has 4 heteroatoms. The van der Waals surface area contributed by atoms with E-state index in [1.54, 1.807) is 0 Å². The fraction of sp³-hybridized carbons (Fsp3) is 0.909. The van der Waals surface area contributed by atoms with Crippen molar-refractivity contribution < 1.29 is 9.53 Å². The molecule has 1 amide bonds. The maximum Gasteiger partial charge on any atom is 0.409 e. The molecule has 0 radical (unpaired) electrons. The van der Waals surface area contributed by atoms with Gasteiger partial charge in [0.25, 0.3) is 0 Å². The number of carbonyl (C=O) groups is 1. The predicted molar refractivity (Wildman–Crippen MR) is 57.8 cm³/mol. The molecule has 0 unspecified atom stereocenters. The van der Waals surface area contributed by atoms with Crippen LogP contribution in [0.5, 0.6) is 0 Å². The van der Waals surface area contributed by atoms with Gasteiger partial charge in [0.2, 0.25) is 0 Å². The van der Waals surface area contributed by atoms with Crippen LogP contribution >= 0.6 is 0 Å². The molecule has 0 N–H and O–H groups in total. The lowest BCUT2D eigenvalue weighted by molar-refractivity contribution is -0.0368. The molecule has 1 spiro atoms. The molecule has 2 heterocycles. The fourth-order valence-corrected chi connectivity index (χ4v) is 2.52. The average molecular weight is 212 g/mol. The Hall–Kier alpha value is -0.770. The van der Waals surface area contributed by atoms with E-state index in [1.165, 1.54) is 12.8 Å². The monoisotopic (exact) mass is 212 g/mol.